The zero-order chi connectivity index (χ0) is 12.3. The second kappa shape index (κ2) is 5.23. The lowest BCUT2D eigenvalue weighted by Gasteiger charge is -2.29. The molecule has 0 spiro atoms. The minimum absolute atomic E-state index is 0.143. The summed E-state index contributed by atoms with van der Waals surface area (Å²) < 4.78 is 12.9. The van der Waals surface area contributed by atoms with Crippen LogP contribution in [0.4, 0.5) is 4.39 Å². The highest BCUT2D eigenvalue weighted by Gasteiger charge is 2.19. The summed E-state index contributed by atoms with van der Waals surface area (Å²) in [5.41, 5.74) is 0.143. The normalized spacial score (nSPS) is 18.0. The van der Waals surface area contributed by atoms with Crippen molar-refractivity contribution in [1.29, 1.82) is 0 Å². The number of nitrogens with one attached hydrogen (secondary N) is 1. The summed E-state index contributed by atoms with van der Waals surface area (Å²) in [5.74, 6) is -0.917. The average molecular weight is 237 g/mol. The molecule has 0 saturated carbocycles. The smallest absolute Gasteiger partial charge is 0.270 e. The highest BCUT2D eigenvalue weighted by atomic mass is 19.1. The molecule has 17 heavy (non-hydrogen) atoms. The largest absolute Gasteiger partial charge is 0.348 e. The topological polar surface area (TPSA) is 45.2 Å². The van der Waals surface area contributed by atoms with Gasteiger partial charge in [0, 0.05) is 6.04 Å². The number of halogens is 1. The van der Waals surface area contributed by atoms with E-state index in [4.69, 9.17) is 0 Å². The Morgan fingerprint density at radius 3 is 2.82 bits per heavy atom. The van der Waals surface area contributed by atoms with Crippen molar-refractivity contribution < 1.29 is 9.18 Å². The Kier molecular flexibility index (Phi) is 3.68. The molecule has 1 saturated heterocycles. The lowest BCUT2D eigenvalue weighted by Crippen LogP contribution is -2.43. The van der Waals surface area contributed by atoms with Gasteiger partial charge in [-0.2, -0.15) is 4.39 Å². The van der Waals surface area contributed by atoms with Crippen LogP contribution in [0.25, 0.3) is 0 Å². The molecule has 0 radical (unpaired) electrons. The van der Waals surface area contributed by atoms with E-state index in [1.54, 1.807) is 0 Å². The second-order valence-electron chi connectivity index (χ2n) is 4.40. The number of hydrogen-bond donors (Lipinski definition) is 1. The third-order valence-corrected chi connectivity index (χ3v) is 3.00. The molecule has 0 atom stereocenters. The van der Waals surface area contributed by atoms with Crippen LogP contribution in [0.5, 0.6) is 0 Å². The third kappa shape index (κ3) is 3.23. The third-order valence-electron chi connectivity index (χ3n) is 3.00. The molecule has 1 N–H and O–H groups in total. The van der Waals surface area contributed by atoms with Crippen molar-refractivity contribution in [3.8, 4) is 0 Å². The Hall–Kier alpha value is -1.49. The van der Waals surface area contributed by atoms with Gasteiger partial charge < -0.3 is 10.2 Å². The van der Waals surface area contributed by atoms with Crippen LogP contribution >= 0.6 is 0 Å². The summed E-state index contributed by atoms with van der Waals surface area (Å²) in [4.78, 5) is 17.6. The van der Waals surface area contributed by atoms with Gasteiger partial charge in [0.1, 0.15) is 5.69 Å². The van der Waals surface area contributed by atoms with Gasteiger partial charge in [0.15, 0.2) is 0 Å². The molecule has 0 bridgehead atoms. The fraction of sp³-hybridized carbons (Fsp3) is 0.500. The predicted molar refractivity (Wildman–Crippen MR) is 62.2 cm³/mol. The minimum Gasteiger partial charge on any atom is -0.348 e. The standard InChI is InChI=1S/C12H16FN3O/c1-16-7-5-9(6-8-16)14-12(17)10-3-2-4-11(13)15-10/h2-4,9H,5-8H2,1H3,(H,14,17). The first-order valence-electron chi connectivity index (χ1n) is 5.77. The summed E-state index contributed by atoms with van der Waals surface area (Å²) in [7, 11) is 2.06. The highest BCUT2D eigenvalue weighted by molar-refractivity contribution is 5.92. The Balaban J connectivity index is 1.93. The number of nitrogens with zero attached hydrogens (tertiary/aromatic N) is 2. The van der Waals surface area contributed by atoms with Crippen molar-refractivity contribution in [3.05, 3.63) is 29.8 Å². The van der Waals surface area contributed by atoms with Gasteiger partial charge in [-0.25, -0.2) is 4.98 Å². The van der Waals surface area contributed by atoms with Gasteiger partial charge in [-0.05, 0) is 45.1 Å². The van der Waals surface area contributed by atoms with Crippen LogP contribution < -0.4 is 5.32 Å². The predicted octanol–water partition coefficient (Wildman–Crippen LogP) is 1.04. The zero-order valence-corrected chi connectivity index (χ0v) is 9.82. The molecule has 2 heterocycles. The van der Waals surface area contributed by atoms with E-state index in [1.165, 1.54) is 18.2 Å². The quantitative estimate of drug-likeness (QED) is 0.782. The van der Waals surface area contributed by atoms with Crippen molar-refractivity contribution in [3.63, 3.8) is 0 Å². The first-order valence-corrected chi connectivity index (χ1v) is 5.77. The van der Waals surface area contributed by atoms with E-state index in [1.807, 2.05) is 0 Å². The zero-order valence-electron chi connectivity index (χ0n) is 9.82. The van der Waals surface area contributed by atoms with E-state index in [0.29, 0.717) is 0 Å². The summed E-state index contributed by atoms with van der Waals surface area (Å²) in [6, 6.07) is 4.41. The molecular formula is C12H16FN3O. The number of amides is 1. The molecule has 4 nitrogen and oxygen atoms in total. The van der Waals surface area contributed by atoms with Crippen molar-refractivity contribution >= 4 is 5.91 Å². The van der Waals surface area contributed by atoms with Crippen molar-refractivity contribution in [1.82, 2.24) is 15.2 Å². The molecule has 0 unspecified atom stereocenters. The maximum atomic E-state index is 12.9. The maximum Gasteiger partial charge on any atom is 0.270 e. The van der Waals surface area contributed by atoms with E-state index in [-0.39, 0.29) is 17.6 Å². The summed E-state index contributed by atoms with van der Waals surface area (Å²) in [5, 5.41) is 2.89. The van der Waals surface area contributed by atoms with E-state index < -0.39 is 5.95 Å². The Bertz CT molecular complexity index is 402. The monoisotopic (exact) mass is 237 g/mol. The molecule has 1 amide bonds. The number of pyridine rings is 1. The number of carbonyl (C=O) groups excluding carboxylic acids is 1. The van der Waals surface area contributed by atoms with Gasteiger partial charge in [0.05, 0.1) is 0 Å². The molecule has 1 aromatic rings. The van der Waals surface area contributed by atoms with Crippen LogP contribution in [0, 0.1) is 5.95 Å². The van der Waals surface area contributed by atoms with E-state index in [0.717, 1.165) is 25.9 Å². The van der Waals surface area contributed by atoms with Crippen LogP contribution in [-0.2, 0) is 0 Å². The van der Waals surface area contributed by atoms with Crippen LogP contribution in [-0.4, -0.2) is 42.0 Å². The molecular weight excluding hydrogens is 221 g/mol. The Morgan fingerprint density at radius 1 is 1.47 bits per heavy atom. The molecule has 1 aromatic heterocycles. The summed E-state index contributed by atoms with van der Waals surface area (Å²) in [6.07, 6.45) is 1.86. The molecule has 92 valence electrons. The maximum absolute atomic E-state index is 12.9. The van der Waals surface area contributed by atoms with Crippen LogP contribution in [0.2, 0.25) is 0 Å². The van der Waals surface area contributed by atoms with Crippen molar-refractivity contribution in [2.75, 3.05) is 20.1 Å². The number of carbonyl (C=O) groups is 1. The fourth-order valence-corrected chi connectivity index (χ4v) is 1.95. The Labute approximate surface area is 99.8 Å². The van der Waals surface area contributed by atoms with Crippen LogP contribution in [0.15, 0.2) is 18.2 Å². The summed E-state index contributed by atoms with van der Waals surface area (Å²) in [6.45, 7) is 1.95. The second-order valence-corrected chi connectivity index (χ2v) is 4.40. The van der Waals surface area contributed by atoms with Gasteiger partial charge in [-0.15, -0.1) is 0 Å². The van der Waals surface area contributed by atoms with Gasteiger partial charge in [-0.1, -0.05) is 6.07 Å². The first kappa shape index (κ1) is 12.0. The lowest BCUT2D eigenvalue weighted by molar-refractivity contribution is 0.0910. The average Bonchev–Trinajstić information content (AvgIpc) is 2.32. The van der Waals surface area contributed by atoms with E-state index >= 15 is 0 Å². The van der Waals surface area contributed by atoms with E-state index in [9.17, 15) is 9.18 Å². The van der Waals surface area contributed by atoms with Crippen LogP contribution in [0.3, 0.4) is 0 Å². The molecule has 0 aliphatic carbocycles. The molecule has 0 aromatic carbocycles. The Morgan fingerprint density at radius 2 is 2.18 bits per heavy atom. The molecule has 1 aliphatic rings. The van der Waals surface area contributed by atoms with Gasteiger partial charge >= 0.3 is 0 Å². The SMILES string of the molecule is CN1CCC(NC(=O)c2cccc(F)n2)CC1. The van der Waals surface area contributed by atoms with Gasteiger partial charge in [0.25, 0.3) is 5.91 Å². The van der Waals surface area contributed by atoms with E-state index in [2.05, 4.69) is 22.2 Å². The number of hydrogen-bond acceptors (Lipinski definition) is 3. The molecule has 1 aliphatic heterocycles. The molecule has 5 heteroatoms. The molecule has 2 rings (SSSR count). The summed E-state index contributed by atoms with van der Waals surface area (Å²) >= 11 is 0. The minimum atomic E-state index is -0.624. The van der Waals surface area contributed by atoms with Crippen molar-refractivity contribution in [2.45, 2.75) is 18.9 Å². The fourth-order valence-electron chi connectivity index (χ4n) is 1.95. The van der Waals surface area contributed by atoms with Gasteiger partial charge in [-0.3, -0.25) is 4.79 Å². The lowest BCUT2D eigenvalue weighted by atomic mass is 10.1. The number of likely N-dealkylation sites (tertiary alicyclic amines) is 1. The van der Waals surface area contributed by atoms with Crippen molar-refractivity contribution in [2.24, 2.45) is 0 Å². The number of rotatable bonds is 2. The van der Waals surface area contributed by atoms with Gasteiger partial charge in [0.2, 0.25) is 5.95 Å². The number of aromatic nitrogens is 1. The first-order chi connectivity index (χ1) is 8.15. The highest BCUT2D eigenvalue weighted by Crippen LogP contribution is 2.09. The van der Waals surface area contributed by atoms with Crippen LogP contribution in [0.1, 0.15) is 23.3 Å². The molecule has 1 fully saturated rings. The number of piperidine rings is 1.